The van der Waals surface area contributed by atoms with Crippen LogP contribution in [0.4, 0.5) is 11.6 Å². The highest BCUT2D eigenvalue weighted by molar-refractivity contribution is 7.98. The summed E-state index contributed by atoms with van der Waals surface area (Å²) in [5.41, 5.74) is 5.77. The maximum Gasteiger partial charge on any atom is 0.191 e. The molecule has 16 heavy (non-hydrogen) atoms. The van der Waals surface area contributed by atoms with Crippen LogP contribution in [0.1, 0.15) is 26.7 Å². The molecule has 0 aliphatic carbocycles. The fourth-order valence-corrected chi connectivity index (χ4v) is 1.95. The first-order valence-electron chi connectivity index (χ1n) is 5.64. The van der Waals surface area contributed by atoms with Gasteiger partial charge in [-0.25, -0.2) is 9.97 Å². The van der Waals surface area contributed by atoms with E-state index in [9.17, 15) is 0 Å². The van der Waals surface area contributed by atoms with E-state index in [0.717, 1.165) is 36.9 Å². The number of anilines is 2. The fraction of sp³-hybridized carbons (Fsp3) is 0.636. The lowest BCUT2D eigenvalue weighted by Crippen LogP contribution is -2.26. The molecular formula is C11H20N4S. The number of hydrogen-bond acceptors (Lipinski definition) is 5. The SMILES string of the molecule is CCCN(CCC)c1cc(N)nc(SC)n1. The lowest BCUT2D eigenvalue weighted by Gasteiger charge is -2.22. The van der Waals surface area contributed by atoms with E-state index in [1.165, 1.54) is 11.8 Å². The Balaban J connectivity index is 2.93. The Bertz CT molecular complexity index is 324. The molecule has 1 aromatic heterocycles. The number of aromatic nitrogens is 2. The molecule has 2 N–H and O–H groups in total. The van der Waals surface area contributed by atoms with Crippen molar-refractivity contribution in [3.05, 3.63) is 6.07 Å². The molecule has 90 valence electrons. The van der Waals surface area contributed by atoms with Gasteiger partial charge in [0.15, 0.2) is 5.16 Å². The monoisotopic (exact) mass is 240 g/mol. The second-order valence-corrected chi connectivity index (χ2v) is 4.40. The van der Waals surface area contributed by atoms with Gasteiger partial charge in [0, 0.05) is 19.2 Å². The van der Waals surface area contributed by atoms with Crippen molar-refractivity contribution in [3.8, 4) is 0 Å². The Morgan fingerprint density at radius 2 is 1.88 bits per heavy atom. The average Bonchev–Trinajstić information content (AvgIpc) is 2.28. The molecule has 4 nitrogen and oxygen atoms in total. The average molecular weight is 240 g/mol. The van der Waals surface area contributed by atoms with Crippen molar-refractivity contribution in [1.82, 2.24) is 9.97 Å². The van der Waals surface area contributed by atoms with Gasteiger partial charge in [0.1, 0.15) is 11.6 Å². The summed E-state index contributed by atoms with van der Waals surface area (Å²) in [7, 11) is 0. The first-order chi connectivity index (χ1) is 7.71. The Morgan fingerprint density at radius 1 is 1.25 bits per heavy atom. The van der Waals surface area contributed by atoms with Gasteiger partial charge in [-0.05, 0) is 19.1 Å². The van der Waals surface area contributed by atoms with E-state index in [-0.39, 0.29) is 0 Å². The van der Waals surface area contributed by atoms with Crippen LogP contribution in [0.15, 0.2) is 11.2 Å². The van der Waals surface area contributed by atoms with Crippen molar-refractivity contribution in [2.45, 2.75) is 31.8 Å². The summed E-state index contributed by atoms with van der Waals surface area (Å²) >= 11 is 1.52. The zero-order chi connectivity index (χ0) is 12.0. The van der Waals surface area contributed by atoms with Crippen molar-refractivity contribution in [3.63, 3.8) is 0 Å². The number of nitrogen functional groups attached to an aromatic ring is 1. The van der Waals surface area contributed by atoms with Crippen LogP contribution in [0.2, 0.25) is 0 Å². The highest BCUT2D eigenvalue weighted by Crippen LogP contribution is 2.19. The van der Waals surface area contributed by atoms with Gasteiger partial charge in [-0.1, -0.05) is 25.6 Å². The number of hydrogen-bond donors (Lipinski definition) is 1. The molecule has 0 aliphatic heterocycles. The van der Waals surface area contributed by atoms with Gasteiger partial charge in [0.2, 0.25) is 0 Å². The lowest BCUT2D eigenvalue weighted by atomic mass is 10.3. The van der Waals surface area contributed by atoms with Crippen LogP contribution in [0.3, 0.4) is 0 Å². The topological polar surface area (TPSA) is 55.0 Å². The standard InChI is InChI=1S/C11H20N4S/c1-4-6-15(7-5-2)10-8-9(12)13-11(14-10)16-3/h8H,4-7H2,1-3H3,(H2,12,13,14). The molecule has 1 heterocycles. The number of nitrogens with two attached hydrogens (primary N) is 1. The molecule has 1 aromatic rings. The van der Waals surface area contributed by atoms with E-state index in [1.54, 1.807) is 0 Å². The summed E-state index contributed by atoms with van der Waals surface area (Å²) in [6.07, 6.45) is 4.18. The number of nitrogens with zero attached hydrogens (tertiary/aromatic N) is 3. The summed E-state index contributed by atoms with van der Waals surface area (Å²) in [4.78, 5) is 10.9. The lowest BCUT2D eigenvalue weighted by molar-refractivity contribution is 0.725. The minimum atomic E-state index is 0.548. The zero-order valence-corrected chi connectivity index (χ0v) is 11.0. The van der Waals surface area contributed by atoms with Gasteiger partial charge >= 0.3 is 0 Å². The highest BCUT2D eigenvalue weighted by atomic mass is 32.2. The van der Waals surface area contributed by atoms with Crippen LogP contribution in [-0.4, -0.2) is 29.3 Å². The molecule has 0 aromatic carbocycles. The van der Waals surface area contributed by atoms with Crippen molar-refractivity contribution in [1.29, 1.82) is 0 Å². The van der Waals surface area contributed by atoms with Crippen LogP contribution in [0.25, 0.3) is 0 Å². The van der Waals surface area contributed by atoms with E-state index in [4.69, 9.17) is 5.73 Å². The molecule has 0 unspecified atom stereocenters. The second-order valence-electron chi connectivity index (χ2n) is 3.62. The number of rotatable bonds is 6. The summed E-state index contributed by atoms with van der Waals surface area (Å²) in [5.74, 6) is 1.49. The van der Waals surface area contributed by atoms with E-state index in [1.807, 2.05) is 12.3 Å². The van der Waals surface area contributed by atoms with Gasteiger partial charge in [0.05, 0.1) is 0 Å². The Hall–Kier alpha value is -0.970. The summed E-state index contributed by atoms with van der Waals surface area (Å²) < 4.78 is 0. The van der Waals surface area contributed by atoms with E-state index in [2.05, 4.69) is 28.7 Å². The highest BCUT2D eigenvalue weighted by Gasteiger charge is 2.08. The van der Waals surface area contributed by atoms with Crippen molar-refractivity contribution >= 4 is 23.4 Å². The molecule has 5 heteroatoms. The summed E-state index contributed by atoms with van der Waals surface area (Å²) in [5, 5.41) is 0.743. The molecule has 0 fully saturated rings. The first-order valence-corrected chi connectivity index (χ1v) is 6.87. The predicted octanol–water partition coefficient (Wildman–Crippen LogP) is 2.41. The Morgan fingerprint density at radius 3 is 2.38 bits per heavy atom. The summed E-state index contributed by atoms with van der Waals surface area (Å²) in [6, 6.07) is 1.85. The van der Waals surface area contributed by atoms with Crippen LogP contribution < -0.4 is 10.6 Å². The smallest absolute Gasteiger partial charge is 0.191 e. The molecule has 0 radical (unpaired) electrons. The molecular weight excluding hydrogens is 220 g/mol. The first kappa shape index (κ1) is 13.1. The van der Waals surface area contributed by atoms with Gasteiger partial charge < -0.3 is 10.6 Å². The maximum absolute atomic E-state index is 5.77. The minimum Gasteiger partial charge on any atom is -0.383 e. The second kappa shape index (κ2) is 6.58. The van der Waals surface area contributed by atoms with Crippen LogP contribution in [-0.2, 0) is 0 Å². The van der Waals surface area contributed by atoms with Crippen molar-refractivity contribution in [2.75, 3.05) is 30.0 Å². The van der Waals surface area contributed by atoms with Crippen LogP contribution in [0.5, 0.6) is 0 Å². The molecule has 0 spiro atoms. The third-order valence-corrected chi connectivity index (χ3v) is 2.75. The number of thioether (sulfide) groups is 1. The minimum absolute atomic E-state index is 0.548. The normalized spacial score (nSPS) is 10.4. The predicted molar refractivity (Wildman–Crippen MR) is 71.0 cm³/mol. The quantitative estimate of drug-likeness (QED) is 0.611. The van der Waals surface area contributed by atoms with Gasteiger partial charge in [-0.2, -0.15) is 0 Å². The molecule has 0 saturated heterocycles. The third-order valence-electron chi connectivity index (χ3n) is 2.21. The maximum atomic E-state index is 5.77. The fourth-order valence-electron chi connectivity index (χ4n) is 1.56. The van der Waals surface area contributed by atoms with Crippen LogP contribution >= 0.6 is 11.8 Å². The van der Waals surface area contributed by atoms with E-state index >= 15 is 0 Å². The summed E-state index contributed by atoms with van der Waals surface area (Å²) in [6.45, 7) is 6.36. The Labute approximate surface area is 102 Å². The van der Waals surface area contributed by atoms with E-state index < -0.39 is 0 Å². The zero-order valence-electron chi connectivity index (χ0n) is 10.2. The van der Waals surface area contributed by atoms with Gasteiger partial charge in [-0.3, -0.25) is 0 Å². The largest absolute Gasteiger partial charge is 0.383 e. The van der Waals surface area contributed by atoms with Crippen molar-refractivity contribution < 1.29 is 0 Å². The molecule has 0 bridgehead atoms. The third kappa shape index (κ3) is 3.56. The van der Waals surface area contributed by atoms with Gasteiger partial charge in [-0.15, -0.1) is 0 Å². The van der Waals surface area contributed by atoms with Gasteiger partial charge in [0.25, 0.3) is 0 Å². The molecule has 1 rings (SSSR count). The van der Waals surface area contributed by atoms with E-state index in [0.29, 0.717) is 5.82 Å². The molecule has 0 aliphatic rings. The molecule has 0 saturated carbocycles. The van der Waals surface area contributed by atoms with Crippen LogP contribution in [0, 0.1) is 0 Å². The molecule has 0 atom stereocenters. The van der Waals surface area contributed by atoms with Crippen molar-refractivity contribution in [2.24, 2.45) is 0 Å². The Kier molecular flexibility index (Phi) is 5.38. The molecule has 0 amide bonds.